The van der Waals surface area contributed by atoms with Gasteiger partial charge < -0.3 is 5.11 Å². The summed E-state index contributed by atoms with van der Waals surface area (Å²) < 4.78 is 0. The third-order valence-corrected chi connectivity index (χ3v) is 6.47. The van der Waals surface area contributed by atoms with Gasteiger partial charge in [0.2, 0.25) is 0 Å². The van der Waals surface area contributed by atoms with Crippen LogP contribution in [-0.2, 0) is 4.79 Å². The summed E-state index contributed by atoms with van der Waals surface area (Å²) in [7, 11) is 0. The van der Waals surface area contributed by atoms with Gasteiger partial charge >= 0.3 is 0 Å². The maximum absolute atomic E-state index is 12.5. The zero-order valence-corrected chi connectivity index (χ0v) is 14.5. The van der Waals surface area contributed by atoms with Gasteiger partial charge in [-0.25, -0.2) is 0 Å². The molecule has 0 radical (unpaired) electrons. The van der Waals surface area contributed by atoms with Crippen molar-refractivity contribution < 1.29 is 9.90 Å². The van der Waals surface area contributed by atoms with E-state index in [2.05, 4.69) is 40.0 Å². The Morgan fingerprint density at radius 1 is 1.41 bits per heavy atom. The monoisotopic (exact) mass is 302 g/mol. The Bertz CT molecular complexity index is 526. The zero-order valence-electron chi connectivity index (χ0n) is 14.5. The van der Waals surface area contributed by atoms with Crippen LogP contribution in [0, 0.1) is 22.7 Å². The van der Waals surface area contributed by atoms with E-state index >= 15 is 0 Å². The van der Waals surface area contributed by atoms with E-state index in [4.69, 9.17) is 0 Å². The molecule has 2 rings (SSSR count). The van der Waals surface area contributed by atoms with E-state index < -0.39 is 0 Å². The standard InChI is InChI=1S/C20H30O2/c1-7-13(2)8-9-15-14(3)16(21)12-17-19(4,5)18(22)10-11-20(15,17)6/h7-8,15,17-18,22H,1,3,9-12H2,2,4-6H3/t15-,17-,18-,20+/m1/s1. The van der Waals surface area contributed by atoms with Crippen molar-refractivity contribution in [2.45, 2.75) is 59.5 Å². The maximum Gasteiger partial charge on any atom is 0.158 e. The molecule has 0 unspecified atom stereocenters. The quantitative estimate of drug-likeness (QED) is 0.617. The van der Waals surface area contributed by atoms with Gasteiger partial charge in [0.05, 0.1) is 6.10 Å². The van der Waals surface area contributed by atoms with Gasteiger partial charge in [0, 0.05) is 6.42 Å². The Morgan fingerprint density at radius 3 is 2.64 bits per heavy atom. The van der Waals surface area contributed by atoms with Crippen molar-refractivity contribution in [1.29, 1.82) is 0 Å². The van der Waals surface area contributed by atoms with Gasteiger partial charge in [0.25, 0.3) is 0 Å². The molecular formula is C20H30O2. The summed E-state index contributed by atoms with van der Waals surface area (Å²) in [4.78, 5) is 12.5. The largest absolute Gasteiger partial charge is 0.393 e. The number of fused-ring (bicyclic) bond motifs is 1. The van der Waals surface area contributed by atoms with Crippen molar-refractivity contribution in [2.75, 3.05) is 0 Å². The average Bonchev–Trinajstić information content (AvgIpc) is 2.46. The highest BCUT2D eigenvalue weighted by molar-refractivity contribution is 5.96. The Kier molecular flexibility index (Phi) is 4.54. The highest BCUT2D eigenvalue weighted by atomic mass is 16.3. The predicted octanol–water partition coefficient (Wildman–Crippen LogP) is 4.46. The van der Waals surface area contributed by atoms with Crippen LogP contribution < -0.4 is 0 Å². The number of aliphatic hydroxyl groups is 1. The smallest absolute Gasteiger partial charge is 0.158 e. The SMILES string of the molecule is C=CC(C)=CC[C@@H]1C(=C)C(=O)C[C@@H]2C(C)(C)[C@H](O)CC[C@@]12C. The third-order valence-electron chi connectivity index (χ3n) is 6.47. The van der Waals surface area contributed by atoms with E-state index in [1.54, 1.807) is 0 Å². The van der Waals surface area contributed by atoms with Gasteiger partial charge in [-0.05, 0) is 54.4 Å². The van der Waals surface area contributed by atoms with Crippen molar-refractivity contribution in [3.63, 3.8) is 0 Å². The molecule has 2 saturated carbocycles. The fraction of sp³-hybridized carbons (Fsp3) is 0.650. The number of aliphatic hydroxyl groups excluding tert-OH is 1. The van der Waals surface area contributed by atoms with Crippen molar-refractivity contribution in [3.05, 3.63) is 36.5 Å². The molecule has 2 aliphatic carbocycles. The summed E-state index contributed by atoms with van der Waals surface area (Å²) in [5, 5.41) is 10.4. The van der Waals surface area contributed by atoms with Crippen LogP contribution in [0.2, 0.25) is 0 Å². The summed E-state index contributed by atoms with van der Waals surface area (Å²) in [5.74, 6) is 0.559. The molecular weight excluding hydrogens is 272 g/mol. The lowest BCUT2D eigenvalue weighted by atomic mass is 9.46. The van der Waals surface area contributed by atoms with Crippen molar-refractivity contribution in [2.24, 2.45) is 22.7 Å². The molecule has 0 bridgehead atoms. The second-order valence-corrected chi connectivity index (χ2v) is 8.03. The first-order valence-corrected chi connectivity index (χ1v) is 8.33. The molecule has 2 aliphatic rings. The fourth-order valence-corrected chi connectivity index (χ4v) is 4.70. The minimum Gasteiger partial charge on any atom is -0.393 e. The minimum atomic E-state index is -0.323. The molecule has 0 spiro atoms. The Labute approximate surface area is 135 Å². The van der Waals surface area contributed by atoms with Gasteiger partial charge in [-0.2, -0.15) is 0 Å². The van der Waals surface area contributed by atoms with Gasteiger partial charge in [-0.1, -0.05) is 51.7 Å². The number of Topliss-reactive ketones (excluding diaryl/α,β-unsaturated/α-hetero) is 1. The van der Waals surface area contributed by atoms with E-state index in [0.717, 1.165) is 30.4 Å². The van der Waals surface area contributed by atoms with Crippen molar-refractivity contribution in [1.82, 2.24) is 0 Å². The molecule has 2 heteroatoms. The number of allylic oxidation sites excluding steroid dienone is 4. The fourth-order valence-electron chi connectivity index (χ4n) is 4.70. The van der Waals surface area contributed by atoms with Gasteiger partial charge in [0.1, 0.15) is 0 Å². The van der Waals surface area contributed by atoms with Crippen LogP contribution in [0.3, 0.4) is 0 Å². The lowest BCUT2D eigenvalue weighted by Crippen LogP contribution is -2.56. The lowest BCUT2D eigenvalue weighted by molar-refractivity contribution is -0.144. The topological polar surface area (TPSA) is 37.3 Å². The van der Waals surface area contributed by atoms with Gasteiger partial charge in [0.15, 0.2) is 5.78 Å². The van der Waals surface area contributed by atoms with Crippen LogP contribution in [-0.4, -0.2) is 17.0 Å². The average molecular weight is 302 g/mol. The first-order chi connectivity index (χ1) is 10.1. The number of carbonyl (C=O) groups excluding carboxylic acids is 1. The summed E-state index contributed by atoms with van der Waals surface area (Å²) in [6.07, 6.45) is 6.82. The maximum atomic E-state index is 12.5. The third kappa shape index (κ3) is 2.62. The number of hydrogen-bond donors (Lipinski definition) is 1. The molecule has 122 valence electrons. The molecule has 0 aromatic carbocycles. The molecule has 1 N–H and O–H groups in total. The number of ketones is 1. The Morgan fingerprint density at radius 2 is 2.05 bits per heavy atom. The second-order valence-electron chi connectivity index (χ2n) is 8.03. The summed E-state index contributed by atoms with van der Waals surface area (Å²) in [6, 6.07) is 0. The lowest BCUT2D eigenvalue weighted by Gasteiger charge is -2.58. The van der Waals surface area contributed by atoms with Crippen LogP contribution in [0.15, 0.2) is 36.5 Å². The summed E-state index contributed by atoms with van der Waals surface area (Å²) in [6.45, 7) is 16.5. The predicted molar refractivity (Wildman–Crippen MR) is 91.4 cm³/mol. The van der Waals surface area contributed by atoms with Gasteiger partial charge in [-0.15, -0.1) is 0 Å². The molecule has 22 heavy (non-hydrogen) atoms. The Balaban J connectivity index is 2.40. The summed E-state index contributed by atoms with van der Waals surface area (Å²) in [5.41, 5.74) is 1.73. The molecule has 0 aromatic heterocycles. The number of hydrogen-bond acceptors (Lipinski definition) is 2. The second kappa shape index (κ2) is 5.81. The first kappa shape index (κ1) is 17.2. The molecule has 0 heterocycles. The van der Waals surface area contributed by atoms with Crippen molar-refractivity contribution >= 4 is 5.78 Å². The number of rotatable bonds is 3. The molecule has 2 nitrogen and oxygen atoms in total. The van der Waals surface area contributed by atoms with Crippen LogP contribution in [0.5, 0.6) is 0 Å². The molecule has 2 fully saturated rings. The van der Waals surface area contributed by atoms with E-state index in [1.165, 1.54) is 0 Å². The van der Waals surface area contributed by atoms with E-state index in [0.29, 0.717) is 6.42 Å². The highest BCUT2D eigenvalue weighted by Crippen LogP contribution is 2.60. The minimum absolute atomic E-state index is 0.0334. The normalized spacial score (nSPS) is 38.6. The molecule has 4 atom stereocenters. The van der Waals surface area contributed by atoms with E-state index in [1.807, 2.05) is 13.0 Å². The molecule has 0 aliphatic heterocycles. The van der Waals surface area contributed by atoms with Gasteiger partial charge in [-0.3, -0.25) is 4.79 Å². The molecule has 0 amide bonds. The van der Waals surface area contributed by atoms with Crippen LogP contribution >= 0.6 is 0 Å². The van der Waals surface area contributed by atoms with Crippen molar-refractivity contribution in [3.8, 4) is 0 Å². The summed E-state index contributed by atoms with van der Waals surface area (Å²) >= 11 is 0. The number of carbonyl (C=O) groups is 1. The zero-order chi connectivity index (χ0) is 16.7. The van der Waals surface area contributed by atoms with Crippen LogP contribution in [0.25, 0.3) is 0 Å². The molecule has 0 aromatic rings. The Hall–Kier alpha value is -1.15. The molecule has 0 saturated heterocycles. The first-order valence-electron chi connectivity index (χ1n) is 8.33. The van der Waals surface area contributed by atoms with E-state index in [9.17, 15) is 9.90 Å². The van der Waals surface area contributed by atoms with E-state index in [-0.39, 0.29) is 34.6 Å². The van der Waals surface area contributed by atoms with Crippen LogP contribution in [0.1, 0.15) is 53.4 Å². The van der Waals surface area contributed by atoms with Crippen LogP contribution in [0.4, 0.5) is 0 Å². The highest BCUT2D eigenvalue weighted by Gasteiger charge is 2.57.